The van der Waals surface area contributed by atoms with Crippen LogP contribution in [0.5, 0.6) is 11.6 Å². The van der Waals surface area contributed by atoms with Gasteiger partial charge in [-0.3, -0.25) is 5.41 Å². The topological polar surface area (TPSA) is 81.2 Å². The molecular weight excluding hydrogens is 254 g/mol. The van der Waals surface area contributed by atoms with E-state index in [1.165, 1.54) is 0 Å². The Labute approximate surface area is 117 Å². The third-order valence-electron chi connectivity index (χ3n) is 2.66. The fourth-order valence-corrected chi connectivity index (χ4v) is 1.70. The monoisotopic (exact) mass is 271 g/mol. The van der Waals surface area contributed by atoms with Crippen LogP contribution in [0.1, 0.15) is 11.3 Å². The number of hydrogen-bond acceptors (Lipinski definition) is 4. The Balaban J connectivity index is 1.93. The number of ether oxygens (including phenoxy) is 2. The van der Waals surface area contributed by atoms with Crippen LogP contribution in [0.15, 0.2) is 42.5 Å². The fourth-order valence-electron chi connectivity index (χ4n) is 1.70. The number of nitrogens with two attached hydrogens (primary N) is 1. The van der Waals surface area contributed by atoms with E-state index in [2.05, 4.69) is 4.98 Å². The van der Waals surface area contributed by atoms with Crippen molar-refractivity contribution in [2.75, 3.05) is 6.61 Å². The summed E-state index contributed by atoms with van der Waals surface area (Å²) in [5, 5.41) is 6.97. The molecule has 0 aliphatic heterocycles. The second kappa shape index (κ2) is 6.56. The summed E-state index contributed by atoms with van der Waals surface area (Å²) in [7, 11) is 0. The molecule has 0 atom stereocenters. The quantitative estimate of drug-likeness (QED) is 0.647. The van der Waals surface area contributed by atoms with Gasteiger partial charge in [0.2, 0.25) is 5.88 Å². The summed E-state index contributed by atoms with van der Waals surface area (Å²) < 4.78 is 10.6. The lowest BCUT2D eigenvalue weighted by atomic mass is 10.1. The third-order valence-corrected chi connectivity index (χ3v) is 2.66. The Morgan fingerprint density at radius 3 is 2.60 bits per heavy atom. The van der Waals surface area contributed by atoms with Crippen molar-refractivity contribution in [3.63, 3.8) is 0 Å². The highest BCUT2D eigenvalue weighted by Gasteiger charge is 2.00. The maximum absolute atomic E-state index is 6.97. The highest BCUT2D eigenvalue weighted by molar-refractivity contribution is 5.67. The van der Waals surface area contributed by atoms with Gasteiger partial charge >= 0.3 is 0 Å². The van der Waals surface area contributed by atoms with Crippen molar-refractivity contribution < 1.29 is 9.47 Å². The van der Waals surface area contributed by atoms with Gasteiger partial charge in [0, 0.05) is 18.2 Å². The van der Waals surface area contributed by atoms with Crippen molar-refractivity contribution in [2.45, 2.75) is 13.3 Å². The Bertz CT molecular complexity index is 582. The van der Waals surface area contributed by atoms with E-state index in [9.17, 15) is 0 Å². The molecule has 0 spiro atoms. The lowest BCUT2D eigenvalue weighted by Gasteiger charge is -2.07. The van der Waals surface area contributed by atoms with Crippen LogP contribution >= 0.6 is 0 Å². The van der Waals surface area contributed by atoms with Crippen LogP contribution in [0.25, 0.3) is 0 Å². The molecule has 0 aliphatic rings. The van der Waals surface area contributed by atoms with E-state index >= 15 is 0 Å². The maximum Gasteiger partial charge on any atom is 0.279 e. The third kappa shape index (κ3) is 4.28. The molecule has 0 amide bonds. The standard InChI is InChI=1S/C15H17N3O2/c1-11-3-2-4-14(18-11)20-13-7-5-12(6-8-13)9-10-19-15(16)17/h2-8H,9-10H2,1H3,(H3,16,17). The lowest BCUT2D eigenvalue weighted by molar-refractivity contribution is 0.301. The number of aryl methyl sites for hydroxylation is 1. The van der Waals surface area contributed by atoms with E-state index in [1.807, 2.05) is 49.4 Å². The van der Waals surface area contributed by atoms with Gasteiger partial charge in [0.15, 0.2) is 0 Å². The zero-order valence-electron chi connectivity index (χ0n) is 11.3. The number of amidine groups is 1. The maximum atomic E-state index is 6.97. The average Bonchev–Trinajstić information content (AvgIpc) is 2.40. The van der Waals surface area contributed by atoms with Crippen LogP contribution in [-0.4, -0.2) is 17.6 Å². The van der Waals surface area contributed by atoms with E-state index < -0.39 is 0 Å². The van der Waals surface area contributed by atoms with Crippen molar-refractivity contribution in [1.29, 1.82) is 5.41 Å². The number of nitrogens with zero attached hydrogens (tertiary/aromatic N) is 1. The van der Waals surface area contributed by atoms with Gasteiger partial charge in [0.25, 0.3) is 6.02 Å². The summed E-state index contributed by atoms with van der Waals surface area (Å²) in [6, 6.07) is 13.1. The average molecular weight is 271 g/mol. The number of nitrogens with one attached hydrogen (secondary N) is 1. The zero-order chi connectivity index (χ0) is 14.4. The largest absolute Gasteiger partial charge is 0.465 e. The number of pyridine rings is 1. The molecule has 0 saturated carbocycles. The molecule has 3 N–H and O–H groups in total. The highest BCUT2D eigenvalue weighted by Crippen LogP contribution is 2.20. The fraction of sp³-hybridized carbons (Fsp3) is 0.200. The minimum atomic E-state index is -0.254. The van der Waals surface area contributed by atoms with E-state index in [1.54, 1.807) is 0 Å². The molecule has 1 heterocycles. The van der Waals surface area contributed by atoms with E-state index in [-0.39, 0.29) is 6.02 Å². The molecule has 2 aromatic rings. The molecule has 1 aromatic carbocycles. The number of aromatic nitrogens is 1. The van der Waals surface area contributed by atoms with Gasteiger partial charge in [-0.2, -0.15) is 0 Å². The van der Waals surface area contributed by atoms with Crippen LogP contribution in [0.3, 0.4) is 0 Å². The van der Waals surface area contributed by atoms with Crippen molar-refractivity contribution in [3.05, 3.63) is 53.7 Å². The molecular formula is C15H17N3O2. The second-order valence-electron chi connectivity index (χ2n) is 4.33. The van der Waals surface area contributed by atoms with Crippen LogP contribution in [0.2, 0.25) is 0 Å². The van der Waals surface area contributed by atoms with Gasteiger partial charge in [-0.15, -0.1) is 0 Å². The van der Waals surface area contributed by atoms with E-state index in [4.69, 9.17) is 20.6 Å². The summed E-state index contributed by atoms with van der Waals surface area (Å²) in [4.78, 5) is 4.28. The van der Waals surface area contributed by atoms with Crippen molar-refractivity contribution in [3.8, 4) is 11.6 Å². The highest BCUT2D eigenvalue weighted by atomic mass is 16.5. The summed E-state index contributed by atoms with van der Waals surface area (Å²) >= 11 is 0. The Kier molecular flexibility index (Phi) is 4.55. The smallest absolute Gasteiger partial charge is 0.279 e. The molecule has 20 heavy (non-hydrogen) atoms. The summed E-state index contributed by atoms with van der Waals surface area (Å²) in [6.07, 6.45) is 0.697. The number of rotatable bonds is 5. The van der Waals surface area contributed by atoms with Gasteiger partial charge in [0.05, 0.1) is 6.61 Å². The molecule has 2 rings (SSSR count). The van der Waals surface area contributed by atoms with Gasteiger partial charge < -0.3 is 15.2 Å². The summed E-state index contributed by atoms with van der Waals surface area (Å²) in [5.41, 5.74) is 7.12. The van der Waals surface area contributed by atoms with Crippen LogP contribution in [0, 0.1) is 12.3 Å². The predicted octanol–water partition coefficient (Wildman–Crippen LogP) is 2.63. The number of hydrogen-bond donors (Lipinski definition) is 2. The van der Waals surface area contributed by atoms with Crippen molar-refractivity contribution in [1.82, 2.24) is 4.98 Å². The Hall–Kier alpha value is -2.56. The normalized spacial score (nSPS) is 10.1. The summed E-state index contributed by atoms with van der Waals surface area (Å²) in [6.45, 7) is 2.32. The molecule has 0 fully saturated rings. The van der Waals surface area contributed by atoms with Gasteiger partial charge in [-0.05, 0) is 30.7 Å². The Morgan fingerprint density at radius 2 is 1.95 bits per heavy atom. The van der Waals surface area contributed by atoms with E-state index in [0.717, 1.165) is 17.0 Å². The first-order valence-corrected chi connectivity index (χ1v) is 6.31. The van der Waals surface area contributed by atoms with Crippen molar-refractivity contribution in [2.24, 2.45) is 5.73 Å². The van der Waals surface area contributed by atoms with Gasteiger partial charge in [0.1, 0.15) is 5.75 Å². The number of benzene rings is 1. The SMILES string of the molecule is Cc1cccc(Oc2ccc(CCOC(=N)N)cc2)n1. The zero-order valence-corrected chi connectivity index (χ0v) is 11.3. The summed E-state index contributed by atoms with van der Waals surface area (Å²) in [5.74, 6) is 1.32. The van der Waals surface area contributed by atoms with Crippen LogP contribution in [-0.2, 0) is 11.2 Å². The van der Waals surface area contributed by atoms with Crippen molar-refractivity contribution >= 4 is 6.02 Å². The minimum Gasteiger partial charge on any atom is -0.465 e. The predicted molar refractivity (Wildman–Crippen MR) is 77.1 cm³/mol. The van der Waals surface area contributed by atoms with Crippen LogP contribution < -0.4 is 10.5 Å². The van der Waals surface area contributed by atoms with E-state index in [0.29, 0.717) is 18.9 Å². The van der Waals surface area contributed by atoms with Gasteiger partial charge in [-0.25, -0.2) is 4.98 Å². The molecule has 0 aliphatic carbocycles. The Morgan fingerprint density at radius 1 is 1.20 bits per heavy atom. The molecule has 5 heteroatoms. The molecule has 0 bridgehead atoms. The molecule has 1 aromatic heterocycles. The first-order chi connectivity index (χ1) is 9.63. The first kappa shape index (κ1) is 13.9. The second-order valence-corrected chi connectivity index (χ2v) is 4.33. The molecule has 0 radical (unpaired) electrons. The lowest BCUT2D eigenvalue weighted by Crippen LogP contribution is -2.15. The molecule has 0 unspecified atom stereocenters. The minimum absolute atomic E-state index is 0.254. The first-order valence-electron chi connectivity index (χ1n) is 6.31. The molecule has 5 nitrogen and oxygen atoms in total. The van der Waals surface area contributed by atoms with Crippen LogP contribution in [0.4, 0.5) is 0 Å². The molecule has 0 saturated heterocycles. The van der Waals surface area contributed by atoms with Gasteiger partial charge in [-0.1, -0.05) is 18.2 Å². The molecule has 104 valence electrons.